The number of nitrogens with one attached hydrogen (secondary N) is 2. The Bertz CT molecular complexity index is 243. The molecule has 0 saturated heterocycles. The zero-order valence-electron chi connectivity index (χ0n) is 10.1. The molecular weight excluding hydrogens is 212 g/mol. The molecule has 6 heteroatoms. The van der Waals surface area contributed by atoms with Gasteiger partial charge >= 0.3 is 5.97 Å². The fourth-order valence-electron chi connectivity index (χ4n) is 1.35. The van der Waals surface area contributed by atoms with E-state index in [-0.39, 0.29) is 11.8 Å². The van der Waals surface area contributed by atoms with E-state index in [1.807, 2.05) is 13.8 Å². The van der Waals surface area contributed by atoms with Crippen molar-refractivity contribution in [3.05, 3.63) is 0 Å². The lowest BCUT2D eigenvalue weighted by Crippen LogP contribution is -2.52. The van der Waals surface area contributed by atoms with Gasteiger partial charge in [0.15, 0.2) is 6.04 Å². The maximum Gasteiger partial charge on any atom is 0.330 e. The molecule has 6 nitrogen and oxygen atoms in total. The Morgan fingerprint density at radius 2 is 1.94 bits per heavy atom. The van der Waals surface area contributed by atoms with Crippen molar-refractivity contribution in [3.8, 4) is 0 Å². The number of likely N-dealkylation sites (N-methyl/N-ethyl adjacent to an activating group) is 1. The highest BCUT2D eigenvalue weighted by molar-refractivity contribution is 5.87. The number of carbonyl (C=O) groups excluding carboxylic acids is 2. The summed E-state index contributed by atoms with van der Waals surface area (Å²) in [6, 6.07) is -1.41. The number of amides is 1. The van der Waals surface area contributed by atoms with Gasteiger partial charge in [0, 0.05) is 0 Å². The summed E-state index contributed by atoms with van der Waals surface area (Å²) in [5.74, 6) is -0.904. The number of carbonyl (C=O) groups is 2. The molecule has 2 atom stereocenters. The first kappa shape index (κ1) is 14.9. The molecule has 0 aromatic heterocycles. The predicted molar refractivity (Wildman–Crippen MR) is 58.7 cm³/mol. The number of aliphatic hydroxyl groups is 1. The van der Waals surface area contributed by atoms with Gasteiger partial charge in [0.1, 0.15) is 0 Å². The van der Waals surface area contributed by atoms with Gasteiger partial charge in [-0.05, 0) is 13.0 Å². The SMILES string of the molecule is CN[C@H](C(=O)N[C@@H](CO)C(=O)OC)C(C)C. The zero-order valence-corrected chi connectivity index (χ0v) is 10.1. The largest absolute Gasteiger partial charge is 0.467 e. The predicted octanol–water partition coefficient (Wildman–Crippen LogP) is -1.12. The van der Waals surface area contributed by atoms with E-state index in [1.54, 1.807) is 7.05 Å². The second kappa shape index (κ2) is 7.19. The van der Waals surface area contributed by atoms with Crippen LogP contribution in [0.3, 0.4) is 0 Å². The zero-order chi connectivity index (χ0) is 12.7. The first-order valence-corrected chi connectivity index (χ1v) is 5.14. The minimum atomic E-state index is -1.01. The Hall–Kier alpha value is -1.14. The summed E-state index contributed by atoms with van der Waals surface area (Å²) in [5, 5.41) is 14.2. The third-order valence-corrected chi connectivity index (χ3v) is 2.24. The number of hydrogen-bond donors (Lipinski definition) is 3. The lowest BCUT2D eigenvalue weighted by molar-refractivity contribution is -0.146. The molecule has 3 N–H and O–H groups in total. The van der Waals surface area contributed by atoms with E-state index in [1.165, 1.54) is 7.11 Å². The van der Waals surface area contributed by atoms with Crippen LogP contribution in [-0.2, 0) is 14.3 Å². The van der Waals surface area contributed by atoms with Crippen molar-refractivity contribution in [2.75, 3.05) is 20.8 Å². The lowest BCUT2D eigenvalue weighted by Gasteiger charge is -2.22. The lowest BCUT2D eigenvalue weighted by atomic mass is 10.0. The van der Waals surface area contributed by atoms with Crippen LogP contribution in [0.1, 0.15) is 13.8 Å². The molecule has 0 bridgehead atoms. The highest BCUT2D eigenvalue weighted by Crippen LogP contribution is 2.01. The van der Waals surface area contributed by atoms with Gasteiger partial charge in [-0.3, -0.25) is 4.79 Å². The number of hydrogen-bond acceptors (Lipinski definition) is 5. The molecule has 94 valence electrons. The summed E-state index contributed by atoms with van der Waals surface area (Å²) in [4.78, 5) is 22.9. The molecule has 0 aromatic carbocycles. The molecule has 0 radical (unpaired) electrons. The standard InChI is InChI=1S/C10H20N2O4/c1-6(2)8(11-3)9(14)12-7(5-13)10(15)16-4/h6-8,11,13H,5H2,1-4H3,(H,12,14)/t7-,8-/m0/s1. The Kier molecular flexibility index (Phi) is 6.67. The van der Waals surface area contributed by atoms with Crippen molar-refractivity contribution in [1.82, 2.24) is 10.6 Å². The second-order valence-electron chi connectivity index (χ2n) is 3.78. The third-order valence-electron chi connectivity index (χ3n) is 2.24. The van der Waals surface area contributed by atoms with Crippen LogP contribution in [0, 0.1) is 5.92 Å². The topological polar surface area (TPSA) is 87.7 Å². The summed E-state index contributed by atoms with van der Waals surface area (Å²) in [5.41, 5.74) is 0. The number of esters is 1. The first-order chi connectivity index (χ1) is 7.47. The van der Waals surface area contributed by atoms with Gasteiger partial charge in [-0.15, -0.1) is 0 Å². The van der Waals surface area contributed by atoms with E-state index in [4.69, 9.17) is 5.11 Å². The van der Waals surface area contributed by atoms with Gasteiger partial charge < -0.3 is 20.5 Å². The summed E-state index contributed by atoms with van der Waals surface area (Å²) < 4.78 is 4.44. The van der Waals surface area contributed by atoms with Crippen molar-refractivity contribution in [2.45, 2.75) is 25.9 Å². The minimum absolute atomic E-state index is 0.0852. The molecule has 0 aliphatic heterocycles. The van der Waals surface area contributed by atoms with Crippen molar-refractivity contribution in [3.63, 3.8) is 0 Å². The Balaban J connectivity index is 4.45. The van der Waals surface area contributed by atoms with Gasteiger partial charge in [-0.1, -0.05) is 13.8 Å². The Morgan fingerprint density at radius 1 is 1.38 bits per heavy atom. The molecule has 0 saturated carbocycles. The number of methoxy groups -OCH3 is 1. The molecule has 1 amide bonds. The third kappa shape index (κ3) is 4.16. The fraction of sp³-hybridized carbons (Fsp3) is 0.800. The normalized spacial score (nSPS) is 14.4. The average molecular weight is 232 g/mol. The quantitative estimate of drug-likeness (QED) is 0.505. The van der Waals surface area contributed by atoms with E-state index < -0.39 is 24.7 Å². The van der Waals surface area contributed by atoms with Gasteiger partial charge in [0.05, 0.1) is 19.8 Å². The monoisotopic (exact) mass is 232 g/mol. The van der Waals surface area contributed by atoms with Crippen LogP contribution in [0.4, 0.5) is 0 Å². The molecule has 0 aliphatic rings. The van der Waals surface area contributed by atoms with Crippen LogP contribution in [0.5, 0.6) is 0 Å². The molecule has 0 rings (SSSR count). The molecular formula is C10H20N2O4. The Morgan fingerprint density at radius 3 is 2.25 bits per heavy atom. The Labute approximate surface area is 95.4 Å². The van der Waals surface area contributed by atoms with E-state index in [0.29, 0.717) is 0 Å². The summed E-state index contributed by atoms with van der Waals surface area (Å²) in [6.07, 6.45) is 0. The smallest absolute Gasteiger partial charge is 0.330 e. The summed E-state index contributed by atoms with van der Waals surface area (Å²) in [7, 11) is 2.87. The van der Waals surface area contributed by atoms with Crippen LogP contribution in [0.15, 0.2) is 0 Å². The van der Waals surface area contributed by atoms with Gasteiger partial charge in [0.2, 0.25) is 5.91 Å². The van der Waals surface area contributed by atoms with Crippen LogP contribution in [0.25, 0.3) is 0 Å². The number of aliphatic hydroxyl groups excluding tert-OH is 1. The molecule has 0 heterocycles. The van der Waals surface area contributed by atoms with Gasteiger partial charge in [-0.25, -0.2) is 4.79 Å². The fourth-order valence-corrected chi connectivity index (χ4v) is 1.35. The minimum Gasteiger partial charge on any atom is -0.467 e. The maximum absolute atomic E-state index is 11.7. The van der Waals surface area contributed by atoms with Crippen LogP contribution in [-0.4, -0.2) is 49.8 Å². The van der Waals surface area contributed by atoms with Crippen molar-refractivity contribution < 1.29 is 19.4 Å². The number of ether oxygens (including phenoxy) is 1. The first-order valence-electron chi connectivity index (χ1n) is 5.14. The average Bonchev–Trinajstić information content (AvgIpc) is 2.25. The molecule has 16 heavy (non-hydrogen) atoms. The molecule has 0 aliphatic carbocycles. The van der Waals surface area contributed by atoms with E-state index >= 15 is 0 Å². The van der Waals surface area contributed by atoms with Crippen LogP contribution >= 0.6 is 0 Å². The molecule has 0 fully saturated rings. The number of rotatable bonds is 6. The maximum atomic E-state index is 11.7. The van der Waals surface area contributed by atoms with Gasteiger partial charge in [0.25, 0.3) is 0 Å². The van der Waals surface area contributed by atoms with E-state index in [0.717, 1.165) is 0 Å². The van der Waals surface area contributed by atoms with Gasteiger partial charge in [-0.2, -0.15) is 0 Å². The second-order valence-corrected chi connectivity index (χ2v) is 3.78. The van der Waals surface area contributed by atoms with Crippen LogP contribution < -0.4 is 10.6 Å². The highest BCUT2D eigenvalue weighted by atomic mass is 16.5. The van der Waals surface area contributed by atoms with Crippen molar-refractivity contribution in [2.24, 2.45) is 5.92 Å². The van der Waals surface area contributed by atoms with E-state index in [2.05, 4.69) is 15.4 Å². The molecule has 0 spiro atoms. The molecule has 0 aromatic rings. The van der Waals surface area contributed by atoms with Crippen molar-refractivity contribution >= 4 is 11.9 Å². The summed E-state index contributed by atoms with van der Waals surface area (Å²) in [6.45, 7) is 3.28. The highest BCUT2D eigenvalue weighted by Gasteiger charge is 2.26. The molecule has 0 unspecified atom stereocenters. The summed E-state index contributed by atoms with van der Waals surface area (Å²) >= 11 is 0. The van der Waals surface area contributed by atoms with Crippen molar-refractivity contribution in [1.29, 1.82) is 0 Å². The van der Waals surface area contributed by atoms with E-state index in [9.17, 15) is 9.59 Å². The van der Waals surface area contributed by atoms with Crippen LogP contribution in [0.2, 0.25) is 0 Å².